The fraction of sp³-hybridized carbons (Fsp3) is 0.923. The fourth-order valence-corrected chi connectivity index (χ4v) is 2.42. The van der Waals surface area contributed by atoms with Crippen LogP contribution in [0.3, 0.4) is 0 Å². The number of nitrogens with two attached hydrogens (primary N) is 1. The summed E-state index contributed by atoms with van der Waals surface area (Å²) in [6.45, 7) is 9.43. The number of amides is 1. The van der Waals surface area contributed by atoms with Crippen molar-refractivity contribution in [2.24, 2.45) is 17.6 Å². The number of hydrogen-bond acceptors (Lipinski definition) is 2. The molecular formula is C13H26N2O. The summed E-state index contributed by atoms with van der Waals surface area (Å²) < 4.78 is 0. The SMILES string of the molecule is CC(C)C[C@@H](N)C(=O)N1CC(C)CCC1C. The van der Waals surface area contributed by atoms with E-state index < -0.39 is 0 Å². The summed E-state index contributed by atoms with van der Waals surface area (Å²) in [5, 5.41) is 0. The highest BCUT2D eigenvalue weighted by atomic mass is 16.2. The normalized spacial score (nSPS) is 28.2. The molecule has 0 aromatic carbocycles. The molecule has 1 aliphatic rings. The molecular weight excluding hydrogens is 200 g/mol. The Balaban J connectivity index is 2.57. The summed E-state index contributed by atoms with van der Waals surface area (Å²) >= 11 is 0. The van der Waals surface area contributed by atoms with Gasteiger partial charge in [-0.2, -0.15) is 0 Å². The molecule has 16 heavy (non-hydrogen) atoms. The van der Waals surface area contributed by atoms with Crippen LogP contribution in [-0.2, 0) is 4.79 Å². The molecule has 1 fully saturated rings. The lowest BCUT2D eigenvalue weighted by molar-refractivity contribution is -0.137. The molecule has 1 amide bonds. The predicted octanol–water partition coefficient (Wildman–Crippen LogP) is 2.01. The van der Waals surface area contributed by atoms with Gasteiger partial charge in [-0.25, -0.2) is 0 Å². The van der Waals surface area contributed by atoms with E-state index in [4.69, 9.17) is 5.73 Å². The number of rotatable bonds is 3. The van der Waals surface area contributed by atoms with Gasteiger partial charge < -0.3 is 10.6 Å². The van der Waals surface area contributed by atoms with E-state index in [1.54, 1.807) is 0 Å². The first-order chi connectivity index (χ1) is 7.41. The van der Waals surface area contributed by atoms with Crippen LogP contribution in [0, 0.1) is 11.8 Å². The lowest BCUT2D eigenvalue weighted by Gasteiger charge is -2.38. The standard InChI is InChI=1S/C13H26N2O/c1-9(2)7-12(14)13(16)15-8-10(3)5-6-11(15)4/h9-12H,5-8,14H2,1-4H3/t10?,11?,12-/m1/s1. The summed E-state index contributed by atoms with van der Waals surface area (Å²) in [6, 6.07) is 0.0506. The Hall–Kier alpha value is -0.570. The van der Waals surface area contributed by atoms with Gasteiger partial charge in [0, 0.05) is 12.6 Å². The second-order valence-corrected chi connectivity index (χ2v) is 5.76. The molecule has 0 aromatic heterocycles. The molecule has 0 radical (unpaired) electrons. The Labute approximate surface area is 99.4 Å². The third-order valence-electron chi connectivity index (χ3n) is 3.44. The second kappa shape index (κ2) is 5.67. The van der Waals surface area contributed by atoms with Crippen molar-refractivity contribution in [1.29, 1.82) is 0 Å². The summed E-state index contributed by atoms with van der Waals surface area (Å²) in [5.74, 6) is 1.25. The van der Waals surface area contributed by atoms with Gasteiger partial charge in [0.05, 0.1) is 6.04 Å². The van der Waals surface area contributed by atoms with Gasteiger partial charge in [0.15, 0.2) is 0 Å². The van der Waals surface area contributed by atoms with Crippen molar-refractivity contribution in [3.8, 4) is 0 Å². The van der Waals surface area contributed by atoms with Crippen molar-refractivity contribution >= 4 is 5.91 Å². The van der Waals surface area contributed by atoms with Gasteiger partial charge in [-0.3, -0.25) is 4.79 Å². The van der Waals surface area contributed by atoms with E-state index in [0.29, 0.717) is 17.9 Å². The van der Waals surface area contributed by atoms with E-state index in [2.05, 4.69) is 27.7 Å². The van der Waals surface area contributed by atoms with Crippen LogP contribution >= 0.6 is 0 Å². The molecule has 3 atom stereocenters. The van der Waals surface area contributed by atoms with Gasteiger partial charge in [-0.1, -0.05) is 20.8 Å². The maximum Gasteiger partial charge on any atom is 0.239 e. The summed E-state index contributed by atoms with van der Waals surface area (Å²) in [7, 11) is 0. The third-order valence-corrected chi connectivity index (χ3v) is 3.44. The highest BCUT2D eigenvalue weighted by Crippen LogP contribution is 2.22. The molecule has 1 heterocycles. The van der Waals surface area contributed by atoms with Crippen LogP contribution in [0.4, 0.5) is 0 Å². The molecule has 1 aliphatic heterocycles. The third kappa shape index (κ3) is 3.48. The zero-order valence-corrected chi connectivity index (χ0v) is 11.1. The Morgan fingerprint density at radius 3 is 2.56 bits per heavy atom. The van der Waals surface area contributed by atoms with Crippen molar-refractivity contribution in [2.45, 2.75) is 59.0 Å². The maximum atomic E-state index is 12.2. The Morgan fingerprint density at radius 2 is 2.00 bits per heavy atom. The minimum Gasteiger partial charge on any atom is -0.338 e. The smallest absolute Gasteiger partial charge is 0.239 e. The fourth-order valence-electron chi connectivity index (χ4n) is 2.42. The molecule has 0 aromatic rings. The molecule has 1 saturated heterocycles. The first-order valence-electron chi connectivity index (χ1n) is 6.47. The van der Waals surface area contributed by atoms with Crippen molar-refractivity contribution < 1.29 is 4.79 Å². The minimum atomic E-state index is -0.312. The Kier molecular flexibility index (Phi) is 4.78. The highest BCUT2D eigenvalue weighted by Gasteiger charge is 2.30. The number of piperidine rings is 1. The van der Waals surface area contributed by atoms with Gasteiger partial charge in [0.1, 0.15) is 0 Å². The van der Waals surface area contributed by atoms with Crippen molar-refractivity contribution in [1.82, 2.24) is 4.90 Å². The first kappa shape index (κ1) is 13.5. The summed E-state index contributed by atoms with van der Waals surface area (Å²) in [4.78, 5) is 14.2. The summed E-state index contributed by atoms with van der Waals surface area (Å²) in [5.41, 5.74) is 5.97. The average molecular weight is 226 g/mol. The zero-order chi connectivity index (χ0) is 12.3. The lowest BCUT2D eigenvalue weighted by Crippen LogP contribution is -2.51. The molecule has 2 N–H and O–H groups in total. The van der Waals surface area contributed by atoms with Crippen LogP contribution < -0.4 is 5.73 Å². The molecule has 0 aliphatic carbocycles. The first-order valence-corrected chi connectivity index (χ1v) is 6.47. The zero-order valence-electron chi connectivity index (χ0n) is 11.1. The molecule has 3 nitrogen and oxygen atoms in total. The van der Waals surface area contributed by atoms with Gasteiger partial charge >= 0.3 is 0 Å². The van der Waals surface area contributed by atoms with Gasteiger partial charge in [0.2, 0.25) is 5.91 Å². The number of nitrogens with zero attached hydrogens (tertiary/aromatic N) is 1. The predicted molar refractivity (Wildman–Crippen MR) is 67.0 cm³/mol. The van der Waals surface area contributed by atoms with Crippen LogP contribution in [-0.4, -0.2) is 29.4 Å². The van der Waals surface area contributed by atoms with Crippen LogP contribution in [0.25, 0.3) is 0 Å². The average Bonchev–Trinajstić information content (AvgIpc) is 2.19. The highest BCUT2D eigenvalue weighted by molar-refractivity contribution is 5.82. The largest absolute Gasteiger partial charge is 0.338 e. The van der Waals surface area contributed by atoms with Crippen molar-refractivity contribution in [3.63, 3.8) is 0 Å². The molecule has 1 rings (SSSR count). The van der Waals surface area contributed by atoms with Crippen LogP contribution in [0.1, 0.15) is 47.0 Å². The number of carbonyl (C=O) groups is 1. The second-order valence-electron chi connectivity index (χ2n) is 5.76. The molecule has 0 bridgehead atoms. The van der Waals surface area contributed by atoms with E-state index in [-0.39, 0.29) is 11.9 Å². The van der Waals surface area contributed by atoms with E-state index in [1.165, 1.54) is 6.42 Å². The van der Waals surface area contributed by atoms with Crippen LogP contribution in [0.15, 0.2) is 0 Å². The minimum absolute atomic E-state index is 0.146. The maximum absolute atomic E-state index is 12.2. The number of likely N-dealkylation sites (tertiary alicyclic amines) is 1. The van der Waals surface area contributed by atoms with Gasteiger partial charge in [0.25, 0.3) is 0 Å². The monoisotopic (exact) mass is 226 g/mol. The Bertz CT molecular complexity index is 240. The number of hydrogen-bond donors (Lipinski definition) is 1. The van der Waals surface area contributed by atoms with E-state index >= 15 is 0 Å². The van der Waals surface area contributed by atoms with E-state index in [0.717, 1.165) is 19.4 Å². The summed E-state index contributed by atoms with van der Waals surface area (Å²) in [6.07, 6.45) is 3.13. The molecule has 2 unspecified atom stereocenters. The van der Waals surface area contributed by atoms with Gasteiger partial charge in [-0.15, -0.1) is 0 Å². The molecule has 94 valence electrons. The molecule has 0 spiro atoms. The van der Waals surface area contributed by atoms with Gasteiger partial charge in [-0.05, 0) is 38.0 Å². The Morgan fingerprint density at radius 1 is 1.38 bits per heavy atom. The quantitative estimate of drug-likeness (QED) is 0.800. The van der Waals surface area contributed by atoms with Crippen LogP contribution in [0.5, 0.6) is 0 Å². The molecule has 0 saturated carbocycles. The van der Waals surface area contributed by atoms with Crippen molar-refractivity contribution in [3.05, 3.63) is 0 Å². The van der Waals surface area contributed by atoms with E-state index in [1.807, 2.05) is 4.90 Å². The van der Waals surface area contributed by atoms with Crippen LogP contribution in [0.2, 0.25) is 0 Å². The number of carbonyl (C=O) groups excluding carboxylic acids is 1. The van der Waals surface area contributed by atoms with E-state index in [9.17, 15) is 4.79 Å². The topological polar surface area (TPSA) is 46.3 Å². The van der Waals surface area contributed by atoms with Crippen molar-refractivity contribution in [2.75, 3.05) is 6.54 Å². The molecule has 3 heteroatoms. The lowest BCUT2D eigenvalue weighted by atomic mass is 9.93.